The molecule has 0 bridgehead atoms. The summed E-state index contributed by atoms with van der Waals surface area (Å²) in [6, 6.07) is 7.25. The smallest absolute Gasteiger partial charge is 0.257 e. The van der Waals surface area contributed by atoms with Gasteiger partial charge in [-0.05, 0) is 25.5 Å². The van der Waals surface area contributed by atoms with Crippen molar-refractivity contribution in [1.29, 1.82) is 0 Å². The van der Waals surface area contributed by atoms with E-state index in [1.54, 1.807) is 19.1 Å². The highest BCUT2D eigenvalue weighted by Crippen LogP contribution is 2.22. The Kier molecular flexibility index (Phi) is 5.65. The molecule has 1 atom stereocenters. The van der Waals surface area contributed by atoms with Crippen LogP contribution in [0.25, 0.3) is 0 Å². The topological polar surface area (TPSA) is 77.7 Å². The van der Waals surface area contributed by atoms with Crippen molar-refractivity contribution < 1.29 is 18.8 Å². The van der Waals surface area contributed by atoms with Gasteiger partial charge in [0, 0.05) is 32.5 Å². The first-order valence-corrected chi connectivity index (χ1v) is 8.55. The molecular formula is C18H23N3O4. The van der Waals surface area contributed by atoms with Crippen molar-refractivity contribution in [2.24, 2.45) is 5.92 Å². The molecule has 7 nitrogen and oxygen atoms in total. The molecule has 1 aliphatic heterocycles. The second-order valence-electron chi connectivity index (χ2n) is 6.09. The van der Waals surface area contributed by atoms with Crippen LogP contribution in [0.4, 0.5) is 0 Å². The molecule has 7 heteroatoms. The second-order valence-corrected chi connectivity index (χ2v) is 6.09. The maximum atomic E-state index is 13.0. The number of aromatic nitrogens is 2. The van der Waals surface area contributed by atoms with Crippen LogP contribution >= 0.6 is 0 Å². The van der Waals surface area contributed by atoms with Gasteiger partial charge in [-0.15, -0.1) is 0 Å². The Bertz CT molecular complexity index is 710. The number of hydrogen-bond donors (Lipinski definition) is 0. The number of nitrogens with zero attached hydrogens (tertiary/aromatic N) is 3. The van der Waals surface area contributed by atoms with Crippen LogP contribution in [0.1, 0.15) is 35.4 Å². The van der Waals surface area contributed by atoms with E-state index >= 15 is 0 Å². The molecule has 0 saturated carbocycles. The largest absolute Gasteiger partial charge is 0.485 e. The molecule has 0 N–H and O–H groups in total. The van der Waals surface area contributed by atoms with E-state index in [4.69, 9.17) is 14.0 Å². The highest BCUT2D eigenvalue weighted by atomic mass is 16.5. The maximum absolute atomic E-state index is 13.0. The van der Waals surface area contributed by atoms with Crippen molar-refractivity contribution in [1.82, 2.24) is 15.0 Å². The number of amides is 1. The lowest BCUT2D eigenvalue weighted by Gasteiger charge is -2.24. The average Bonchev–Trinajstić information content (AvgIpc) is 3.29. The summed E-state index contributed by atoms with van der Waals surface area (Å²) >= 11 is 0. The molecule has 134 valence electrons. The minimum Gasteiger partial charge on any atom is -0.485 e. The van der Waals surface area contributed by atoms with Gasteiger partial charge in [0.25, 0.3) is 5.91 Å². The normalized spacial score (nSPS) is 16.8. The van der Waals surface area contributed by atoms with Gasteiger partial charge in [-0.3, -0.25) is 4.79 Å². The highest BCUT2D eigenvalue weighted by molar-refractivity contribution is 5.96. The molecule has 0 radical (unpaired) electrons. The minimum atomic E-state index is -0.0331. The monoisotopic (exact) mass is 345 g/mol. The molecule has 1 saturated heterocycles. The first kappa shape index (κ1) is 17.4. The third-order valence-corrected chi connectivity index (χ3v) is 4.22. The molecule has 1 aromatic heterocycles. The summed E-state index contributed by atoms with van der Waals surface area (Å²) in [5, 5.41) is 3.80. The molecule has 1 fully saturated rings. The van der Waals surface area contributed by atoms with Gasteiger partial charge < -0.3 is 18.9 Å². The molecule has 3 rings (SSSR count). The van der Waals surface area contributed by atoms with Gasteiger partial charge >= 0.3 is 0 Å². The highest BCUT2D eigenvalue weighted by Gasteiger charge is 2.24. The van der Waals surface area contributed by atoms with Gasteiger partial charge in [-0.1, -0.05) is 17.3 Å². The van der Waals surface area contributed by atoms with Gasteiger partial charge in [0.15, 0.2) is 6.61 Å². The Morgan fingerprint density at radius 2 is 2.24 bits per heavy atom. The van der Waals surface area contributed by atoms with Gasteiger partial charge in [0.05, 0.1) is 12.2 Å². The predicted molar refractivity (Wildman–Crippen MR) is 90.3 cm³/mol. The number of carbonyl (C=O) groups is 1. The van der Waals surface area contributed by atoms with E-state index in [9.17, 15) is 4.79 Å². The van der Waals surface area contributed by atoms with Crippen molar-refractivity contribution >= 4 is 5.91 Å². The fourth-order valence-corrected chi connectivity index (χ4v) is 2.88. The summed E-state index contributed by atoms with van der Waals surface area (Å²) in [7, 11) is 0. The fraction of sp³-hybridized carbons (Fsp3) is 0.500. The molecule has 1 aromatic carbocycles. The summed E-state index contributed by atoms with van der Waals surface area (Å²) in [5.74, 6) is 1.83. The maximum Gasteiger partial charge on any atom is 0.257 e. The Balaban J connectivity index is 1.70. The SMILES string of the molecule is CCN(CC1CCOC1)C(=O)c1ccccc1OCc1noc(C)n1. The van der Waals surface area contributed by atoms with Crippen molar-refractivity contribution in [2.45, 2.75) is 26.9 Å². The van der Waals surface area contributed by atoms with E-state index in [0.29, 0.717) is 42.0 Å². The summed E-state index contributed by atoms with van der Waals surface area (Å²) in [4.78, 5) is 18.9. The lowest BCUT2D eigenvalue weighted by Crippen LogP contribution is -2.35. The van der Waals surface area contributed by atoms with E-state index in [2.05, 4.69) is 10.1 Å². The molecule has 2 aromatic rings. The van der Waals surface area contributed by atoms with Crippen LogP contribution in [-0.2, 0) is 11.3 Å². The number of benzene rings is 1. The summed E-state index contributed by atoms with van der Waals surface area (Å²) in [6.45, 7) is 6.71. The molecule has 1 unspecified atom stereocenters. The Morgan fingerprint density at radius 1 is 1.40 bits per heavy atom. The first-order chi connectivity index (χ1) is 12.2. The van der Waals surface area contributed by atoms with Gasteiger partial charge in [-0.25, -0.2) is 0 Å². The van der Waals surface area contributed by atoms with Crippen LogP contribution in [0.3, 0.4) is 0 Å². The number of ether oxygens (including phenoxy) is 2. The zero-order valence-corrected chi connectivity index (χ0v) is 14.6. The summed E-state index contributed by atoms with van der Waals surface area (Å²) in [6.07, 6.45) is 0.999. The van der Waals surface area contributed by atoms with Crippen LogP contribution in [-0.4, -0.2) is 47.3 Å². The number of rotatable bonds is 7. The van der Waals surface area contributed by atoms with E-state index in [1.165, 1.54) is 0 Å². The molecular weight excluding hydrogens is 322 g/mol. The lowest BCUT2D eigenvalue weighted by molar-refractivity contribution is 0.0726. The van der Waals surface area contributed by atoms with Gasteiger partial charge in [0.2, 0.25) is 11.7 Å². The van der Waals surface area contributed by atoms with Crippen molar-refractivity contribution in [3.05, 3.63) is 41.5 Å². The van der Waals surface area contributed by atoms with Crippen LogP contribution in [0.2, 0.25) is 0 Å². The molecule has 25 heavy (non-hydrogen) atoms. The van der Waals surface area contributed by atoms with Crippen LogP contribution in [0.15, 0.2) is 28.8 Å². The molecule has 1 aliphatic rings. The molecule has 1 amide bonds. The molecule has 0 spiro atoms. The minimum absolute atomic E-state index is 0.0331. The van der Waals surface area contributed by atoms with Crippen LogP contribution in [0, 0.1) is 12.8 Å². The van der Waals surface area contributed by atoms with E-state index < -0.39 is 0 Å². The Labute approximate surface area is 146 Å². The third kappa shape index (κ3) is 4.36. The first-order valence-electron chi connectivity index (χ1n) is 8.55. The number of hydrogen-bond acceptors (Lipinski definition) is 6. The fourth-order valence-electron chi connectivity index (χ4n) is 2.88. The van der Waals surface area contributed by atoms with Gasteiger partial charge in [-0.2, -0.15) is 4.98 Å². The third-order valence-electron chi connectivity index (χ3n) is 4.22. The average molecular weight is 345 g/mol. The quantitative estimate of drug-likeness (QED) is 0.767. The molecule has 0 aliphatic carbocycles. The van der Waals surface area contributed by atoms with Gasteiger partial charge in [0.1, 0.15) is 5.75 Å². The zero-order valence-electron chi connectivity index (χ0n) is 14.6. The van der Waals surface area contributed by atoms with Crippen molar-refractivity contribution in [3.8, 4) is 5.75 Å². The number of para-hydroxylation sites is 1. The Morgan fingerprint density at radius 3 is 2.92 bits per heavy atom. The van der Waals surface area contributed by atoms with Crippen LogP contribution in [0.5, 0.6) is 5.75 Å². The van der Waals surface area contributed by atoms with Crippen molar-refractivity contribution in [2.75, 3.05) is 26.3 Å². The summed E-state index contributed by atoms with van der Waals surface area (Å²) < 4.78 is 16.1. The summed E-state index contributed by atoms with van der Waals surface area (Å²) in [5.41, 5.74) is 0.545. The van der Waals surface area contributed by atoms with E-state index in [0.717, 1.165) is 19.6 Å². The van der Waals surface area contributed by atoms with E-state index in [-0.39, 0.29) is 12.5 Å². The second kappa shape index (κ2) is 8.11. The number of aryl methyl sites for hydroxylation is 1. The predicted octanol–water partition coefficient (Wildman–Crippen LogP) is 2.46. The zero-order chi connectivity index (χ0) is 17.6. The lowest BCUT2D eigenvalue weighted by atomic mass is 10.1. The van der Waals surface area contributed by atoms with Crippen molar-refractivity contribution in [3.63, 3.8) is 0 Å². The van der Waals surface area contributed by atoms with Crippen LogP contribution < -0.4 is 4.74 Å². The Hall–Kier alpha value is -2.41. The van der Waals surface area contributed by atoms with E-state index in [1.807, 2.05) is 24.0 Å². The molecule has 2 heterocycles. The standard InChI is InChI=1S/C18H23N3O4/c1-3-21(10-14-8-9-23-11-14)18(22)15-6-4-5-7-16(15)24-12-17-19-13(2)25-20-17/h4-7,14H,3,8-12H2,1-2H3. The number of carbonyl (C=O) groups excluding carboxylic acids is 1.